The molecule has 1 unspecified atom stereocenters. The smallest absolute Gasteiger partial charge is 0.162 e. The van der Waals surface area contributed by atoms with Crippen molar-refractivity contribution in [3.8, 4) is 5.75 Å². The maximum Gasteiger partial charge on any atom is 0.162 e. The van der Waals surface area contributed by atoms with Crippen molar-refractivity contribution >= 4 is 28.3 Å². The van der Waals surface area contributed by atoms with E-state index >= 15 is 0 Å². The maximum absolute atomic E-state index is 12.1. The molecule has 2 aromatic rings. The van der Waals surface area contributed by atoms with E-state index in [1.807, 2.05) is 20.2 Å². The molecular weight excluding hydrogens is 274 g/mol. The first-order valence-corrected chi connectivity index (χ1v) is 7.78. The Hall–Kier alpha value is -2.29. The van der Waals surface area contributed by atoms with Crippen LogP contribution in [0.15, 0.2) is 35.9 Å². The summed E-state index contributed by atoms with van der Waals surface area (Å²) >= 11 is 0. The molecule has 1 heterocycles. The summed E-state index contributed by atoms with van der Waals surface area (Å²) < 4.78 is 6.11. The molecule has 0 N–H and O–H groups in total. The normalized spacial score (nSPS) is 20.0. The van der Waals surface area contributed by atoms with E-state index in [9.17, 15) is 4.79 Å². The van der Waals surface area contributed by atoms with Crippen LogP contribution in [-0.2, 0) is 4.79 Å². The molecule has 0 saturated heterocycles. The fourth-order valence-electron chi connectivity index (χ4n) is 3.32. The van der Waals surface area contributed by atoms with Gasteiger partial charge in [-0.25, -0.2) is 0 Å². The van der Waals surface area contributed by atoms with E-state index in [1.54, 1.807) is 0 Å². The van der Waals surface area contributed by atoms with E-state index in [2.05, 4.69) is 35.2 Å². The minimum Gasteiger partial charge on any atom is -0.485 e. The summed E-state index contributed by atoms with van der Waals surface area (Å²) in [6.07, 6.45) is 4.50. The zero-order valence-corrected chi connectivity index (χ0v) is 12.9. The van der Waals surface area contributed by atoms with Crippen LogP contribution in [0.2, 0.25) is 0 Å². The van der Waals surface area contributed by atoms with Crippen molar-refractivity contribution in [2.24, 2.45) is 0 Å². The van der Waals surface area contributed by atoms with E-state index in [-0.39, 0.29) is 11.9 Å². The fraction of sp³-hybridized carbons (Fsp3) is 0.316. The van der Waals surface area contributed by atoms with Gasteiger partial charge in [0.2, 0.25) is 0 Å². The number of anilines is 1. The van der Waals surface area contributed by atoms with Crippen LogP contribution in [0.3, 0.4) is 0 Å². The SMILES string of the molecule is CN(C)c1ccc2cc3c(cc2c1)OC1CCCC(=O)C1=C3. The van der Waals surface area contributed by atoms with Crippen LogP contribution in [-0.4, -0.2) is 26.0 Å². The third kappa shape index (κ3) is 2.08. The van der Waals surface area contributed by atoms with Crippen LogP contribution >= 0.6 is 0 Å². The Morgan fingerprint density at radius 2 is 2.00 bits per heavy atom. The van der Waals surface area contributed by atoms with Gasteiger partial charge in [-0.15, -0.1) is 0 Å². The maximum atomic E-state index is 12.1. The lowest BCUT2D eigenvalue weighted by Gasteiger charge is -2.30. The second kappa shape index (κ2) is 4.87. The minimum atomic E-state index is -0.0526. The molecule has 1 fully saturated rings. The molecule has 0 radical (unpaired) electrons. The lowest BCUT2D eigenvalue weighted by atomic mass is 9.87. The molecule has 112 valence electrons. The van der Waals surface area contributed by atoms with Crippen LogP contribution in [0.1, 0.15) is 24.8 Å². The quantitative estimate of drug-likeness (QED) is 0.801. The Morgan fingerprint density at radius 3 is 2.82 bits per heavy atom. The summed E-state index contributed by atoms with van der Waals surface area (Å²) in [5, 5.41) is 2.34. The second-order valence-corrected chi connectivity index (χ2v) is 6.34. The number of hydrogen-bond acceptors (Lipinski definition) is 3. The molecule has 2 aliphatic rings. The Balaban J connectivity index is 1.85. The lowest BCUT2D eigenvalue weighted by Crippen LogP contribution is -2.31. The number of nitrogens with zero attached hydrogens (tertiary/aromatic N) is 1. The van der Waals surface area contributed by atoms with Gasteiger partial charge in [-0.05, 0) is 54.0 Å². The number of fused-ring (bicyclic) bond motifs is 3. The molecular formula is C19H19NO2. The molecule has 0 spiro atoms. The van der Waals surface area contributed by atoms with Gasteiger partial charge >= 0.3 is 0 Å². The zero-order chi connectivity index (χ0) is 15.3. The Kier molecular flexibility index (Phi) is 2.96. The van der Waals surface area contributed by atoms with Crippen LogP contribution in [0.4, 0.5) is 5.69 Å². The molecule has 0 amide bonds. The van der Waals surface area contributed by atoms with Crippen molar-refractivity contribution in [1.82, 2.24) is 0 Å². The molecule has 1 aliphatic carbocycles. The highest BCUT2D eigenvalue weighted by Crippen LogP contribution is 2.38. The molecule has 1 atom stereocenters. The zero-order valence-electron chi connectivity index (χ0n) is 12.9. The van der Waals surface area contributed by atoms with Crippen molar-refractivity contribution in [3.05, 3.63) is 41.5 Å². The molecule has 1 saturated carbocycles. The fourth-order valence-corrected chi connectivity index (χ4v) is 3.32. The van der Waals surface area contributed by atoms with Gasteiger partial charge in [0.25, 0.3) is 0 Å². The lowest BCUT2D eigenvalue weighted by molar-refractivity contribution is -0.117. The van der Waals surface area contributed by atoms with Gasteiger partial charge in [0, 0.05) is 37.3 Å². The number of Topliss-reactive ketones (excluding diaryl/α,β-unsaturated/α-hetero) is 1. The summed E-state index contributed by atoms with van der Waals surface area (Å²) in [7, 11) is 4.08. The summed E-state index contributed by atoms with van der Waals surface area (Å²) in [5.41, 5.74) is 3.04. The average Bonchev–Trinajstić information content (AvgIpc) is 2.51. The van der Waals surface area contributed by atoms with E-state index in [1.165, 1.54) is 16.5 Å². The minimum absolute atomic E-state index is 0.0526. The predicted molar refractivity (Wildman–Crippen MR) is 89.5 cm³/mol. The van der Waals surface area contributed by atoms with Gasteiger partial charge < -0.3 is 9.64 Å². The Morgan fingerprint density at radius 1 is 1.14 bits per heavy atom. The number of carbonyl (C=O) groups is 1. The third-order valence-corrected chi connectivity index (χ3v) is 4.59. The molecule has 4 rings (SSSR count). The number of hydrogen-bond donors (Lipinski definition) is 0. The average molecular weight is 293 g/mol. The molecule has 3 heteroatoms. The van der Waals surface area contributed by atoms with Crippen molar-refractivity contribution in [1.29, 1.82) is 0 Å². The third-order valence-electron chi connectivity index (χ3n) is 4.59. The van der Waals surface area contributed by atoms with Crippen molar-refractivity contribution in [2.75, 3.05) is 19.0 Å². The van der Waals surface area contributed by atoms with Gasteiger partial charge in [0.1, 0.15) is 11.9 Å². The van der Waals surface area contributed by atoms with E-state index in [4.69, 9.17) is 4.74 Å². The Bertz CT molecular complexity index is 804. The van der Waals surface area contributed by atoms with E-state index in [0.29, 0.717) is 6.42 Å². The molecule has 1 aliphatic heterocycles. The molecule has 0 aromatic heterocycles. The Labute approximate surface area is 130 Å². The van der Waals surface area contributed by atoms with Crippen LogP contribution < -0.4 is 9.64 Å². The standard InChI is InChI=1S/C19H19NO2/c1-20(2)15-7-6-12-8-14-10-16-17(21)4-3-5-18(16)22-19(14)11-13(12)9-15/h6-11,18H,3-5H2,1-2H3. The van der Waals surface area contributed by atoms with Gasteiger partial charge in [-0.3, -0.25) is 4.79 Å². The van der Waals surface area contributed by atoms with Gasteiger partial charge in [-0.1, -0.05) is 6.07 Å². The first-order chi connectivity index (χ1) is 10.6. The summed E-state index contributed by atoms with van der Waals surface area (Å²) in [6, 6.07) is 10.6. The van der Waals surface area contributed by atoms with Gasteiger partial charge in [0.05, 0.1) is 0 Å². The molecule has 22 heavy (non-hydrogen) atoms. The number of carbonyl (C=O) groups excluding carboxylic acids is 1. The highest BCUT2D eigenvalue weighted by molar-refractivity contribution is 6.03. The van der Waals surface area contributed by atoms with Crippen molar-refractivity contribution in [2.45, 2.75) is 25.4 Å². The van der Waals surface area contributed by atoms with Crippen LogP contribution in [0.25, 0.3) is 16.8 Å². The summed E-state index contributed by atoms with van der Waals surface area (Å²) in [6.45, 7) is 0. The number of benzene rings is 2. The van der Waals surface area contributed by atoms with Gasteiger partial charge in [-0.2, -0.15) is 0 Å². The predicted octanol–water partition coefficient (Wildman–Crippen LogP) is 3.80. The largest absolute Gasteiger partial charge is 0.485 e. The van der Waals surface area contributed by atoms with Gasteiger partial charge in [0.15, 0.2) is 5.78 Å². The molecule has 0 bridgehead atoms. The van der Waals surface area contributed by atoms with E-state index in [0.717, 1.165) is 29.7 Å². The first-order valence-electron chi connectivity index (χ1n) is 7.78. The highest BCUT2D eigenvalue weighted by Gasteiger charge is 2.30. The van der Waals surface area contributed by atoms with Crippen LogP contribution in [0, 0.1) is 0 Å². The number of rotatable bonds is 1. The number of ether oxygens (including phenoxy) is 1. The first kappa shape index (κ1) is 13.4. The molecule has 2 aromatic carbocycles. The second-order valence-electron chi connectivity index (χ2n) is 6.34. The summed E-state index contributed by atoms with van der Waals surface area (Å²) in [5.74, 6) is 1.14. The summed E-state index contributed by atoms with van der Waals surface area (Å²) in [4.78, 5) is 14.2. The van der Waals surface area contributed by atoms with Crippen molar-refractivity contribution < 1.29 is 9.53 Å². The topological polar surface area (TPSA) is 29.5 Å². The highest BCUT2D eigenvalue weighted by atomic mass is 16.5. The monoisotopic (exact) mass is 293 g/mol. The van der Waals surface area contributed by atoms with Crippen LogP contribution in [0.5, 0.6) is 5.75 Å². The van der Waals surface area contributed by atoms with Crippen molar-refractivity contribution in [3.63, 3.8) is 0 Å². The van der Waals surface area contributed by atoms with E-state index < -0.39 is 0 Å². The molecule has 3 nitrogen and oxygen atoms in total. The number of ketones is 1.